The summed E-state index contributed by atoms with van der Waals surface area (Å²) in [6.45, 7) is 0.361. The number of sulfone groups is 1. The molecule has 0 aromatic rings. The summed E-state index contributed by atoms with van der Waals surface area (Å²) in [7, 11) is -3.00. The van der Waals surface area contributed by atoms with E-state index in [0.29, 0.717) is 6.54 Å². The highest BCUT2D eigenvalue weighted by atomic mass is 32.2. The number of aliphatic carboxylic acids is 1. The van der Waals surface area contributed by atoms with Crippen molar-refractivity contribution in [2.24, 2.45) is 0 Å². The van der Waals surface area contributed by atoms with Crippen molar-refractivity contribution in [1.29, 1.82) is 0 Å². The van der Waals surface area contributed by atoms with Crippen LogP contribution in [0.25, 0.3) is 0 Å². The van der Waals surface area contributed by atoms with E-state index in [1.165, 1.54) is 0 Å². The highest BCUT2D eigenvalue weighted by Gasteiger charge is 2.25. The van der Waals surface area contributed by atoms with Crippen LogP contribution in [-0.4, -0.2) is 43.6 Å². The van der Waals surface area contributed by atoms with E-state index in [1.54, 1.807) is 0 Å². The first-order chi connectivity index (χ1) is 5.49. The summed E-state index contributed by atoms with van der Waals surface area (Å²) in [5, 5.41) is 11.2. The number of carboxylic acid groups (broad SMARTS) is 1. The molecule has 12 heavy (non-hydrogen) atoms. The Morgan fingerprint density at radius 2 is 2.25 bits per heavy atom. The van der Waals surface area contributed by atoms with Crippen LogP contribution in [0.15, 0.2) is 0 Å². The largest absolute Gasteiger partial charge is 0.481 e. The third-order valence-electron chi connectivity index (χ3n) is 1.72. The van der Waals surface area contributed by atoms with Gasteiger partial charge in [-0.1, -0.05) is 0 Å². The van der Waals surface area contributed by atoms with Gasteiger partial charge in [-0.25, -0.2) is 8.42 Å². The number of hydrogen-bond acceptors (Lipinski definition) is 4. The summed E-state index contributed by atoms with van der Waals surface area (Å²) in [4.78, 5) is 10.2. The molecule has 0 spiro atoms. The summed E-state index contributed by atoms with van der Waals surface area (Å²) < 4.78 is 22.0. The molecule has 0 aromatic heterocycles. The van der Waals surface area contributed by atoms with Crippen molar-refractivity contribution in [3.8, 4) is 0 Å². The van der Waals surface area contributed by atoms with Crippen molar-refractivity contribution in [3.05, 3.63) is 0 Å². The zero-order valence-electron chi connectivity index (χ0n) is 6.49. The summed E-state index contributed by atoms with van der Waals surface area (Å²) in [5.74, 6) is -0.910. The van der Waals surface area contributed by atoms with E-state index in [4.69, 9.17) is 5.11 Å². The van der Waals surface area contributed by atoms with E-state index < -0.39 is 21.8 Å². The fourth-order valence-electron chi connectivity index (χ4n) is 1.21. The second-order valence-electron chi connectivity index (χ2n) is 2.86. The van der Waals surface area contributed by atoms with Crippen LogP contribution in [0.4, 0.5) is 0 Å². The number of rotatable bonds is 2. The minimum atomic E-state index is -3.00. The zero-order valence-corrected chi connectivity index (χ0v) is 7.30. The molecule has 1 aliphatic heterocycles. The fourth-order valence-corrected chi connectivity index (χ4v) is 2.65. The van der Waals surface area contributed by atoms with E-state index in [1.807, 2.05) is 0 Å². The van der Waals surface area contributed by atoms with Gasteiger partial charge in [0.2, 0.25) is 0 Å². The molecule has 0 unspecified atom stereocenters. The normalized spacial score (nSPS) is 28.2. The first-order valence-electron chi connectivity index (χ1n) is 3.65. The van der Waals surface area contributed by atoms with Crippen molar-refractivity contribution >= 4 is 15.8 Å². The van der Waals surface area contributed by atoms with Crippen molar-refractivity contribution < 1.29 is 18.3 Å². The van der Waals surface area contributed by atoms with Crippen molar-refractivity contribution in [3.63, 3.8) is 0 Å². The third-order valence-corrected chi connectivity index (χ3v) is 3.46. The Balaban J connectivity index is 2.53. The summed E-state index contributed by atoms with van der Waals surface area (Å²) >= 11 is 0. The second-order valence-corrected chi connectivity index (χ2v) is 5.09. The highest BCUT2D eigenvalue weighted by Crippen LogP contribution is 2.04. The van der Waals surface area contributed by atoms with Gasteiger partial charge < -0.3 is 10.4 Å². The fraction of sp³-hybridized carbons (Fsp3) is 0.833. The molecule has 0 radical (unpaired) electrons. The summed E-state index contributed by atoms with van der Waals surface area (Å²) in [5.41, 5.74) is 0. The predicted molar refractivity (Wildman–Crippen MR) is 42.7 cm³/mol. The van der Waals surface area contributed by atoms with Crippen LogP contribution >= 0.6 is 0 Å². The molecule has 1 rings (SSSR count). The Hall–Kier alpha value is -0.620. The van der Waals surface area contributed by atoms with E-state index >= 15 is 0 Å². The molecule has 0 amide bonds. The Morgan fingerprint density at radius 3 is 2.75 bits per heavy atom. The lowest BCUT2D eigenvalue weighted by Gasteiger charge is -2.21. The molecule has 1 fully saturated rings. The smallest absolute Gasteiger partial charge is 0.304 e. The van der Waals surface area contributed by atoms with E-state index in [2.05, 4.69) is 5.32 Å². The van der Waals surface area contributed by atoms with Gasteiger partial charge in [-0.05, 0) is 0 Å². The van der Waals surface area contributed by atoms with Crippen LogP contribution in [0.3, 0.4) is 0 Å². The van der Waals surface area contributed by atoms with Crippen LogP contribution in [0.1, 0.15) is 6.42 Å². The van der Waals surface area contributed by atoms with Gasteiger partial charge >= 0.3 is 5.97 Å². The van der Waals surface area contributed by atoms with Gasteiger partial charge in [-0.15, -0.1) is 0 Å². The van der Waals surface area contributed by atoms with Crippen LogP contribution in [-0.2, 0) is 14.6 Å². The zero-order chi connectivity index (χ0) is 9.19. The van der Waals surface area contributed by atoms with E-state index in [-0.39, 0.29) is 17.9 Å². The quantitative estimate of drug-likeness (QED) is 0.578. The van der Waals surface area contributed by atoms with Gasteiger partial charge in [0.05, 0.1) is 17.9 Å². The maximum absolute atomic E-state index is 11.0. The Kier molecular flexibility index (Phi) is 2.69. The molecule has 6 heteroatoms. The molecule has 0 bridgehead atoms. The minimum absolute atomic E-state index is 0.0563. The van der Waals surface area contributed by atoms with Gasteiger partial charge in [-0.3, -0.25) is 4.79 Å². The molecule has 0 aromatic carbocycles. The second kappa shape index (κ2) is 3.40. The lowest BCUT2D eigenvalue weighted by molar-refractivity contribution is -0.137. The molecule has 1 aliphatic rings. The number of carbonyl (C=O) groups is 1. The molecular formula is C6H11NO4S. The highest BCUT2D eigenvalue weighted by molar-refractivity contribution is 7.91. The standard InChI is InChI=1S/C6H11NO4S/c8-6(9)3-5-4-12(10,11)2-1-7-5/h5,7H,1-4H2,(H,8,9)/t5-/m1/s1. The van der Waals surface area contributed by atoms with Crippen molar-refractivity contribution in [2.45, 2.75) is 12.5 Å². The topological polar surface area (TPSA) is 83.5 Å². The molecule has 1 heterocycles. The van der Waals surface area contributed by atoms with Crippen molar-refractivity contribution in [2.75, 3.05) is 18.1 Å². The van der Waals surface area contributed by atoms with Gasteiger partial charge in [0, 0.05) is 12.6 Å². The lowest BCUT2D eigenvalue weighted by Crippen LogP contribution is -2.45. The average Bonchev–Trinajstić information content (AvgIpc) is 1.82. The monoisotopic (exact) mass is 193 g/mol. The van der Waals surface area contributed by atoms with Crippen LogP contribution < -0.4 is 5.32 Å². The SMILES string of the molecule is O=C(O)C[C@@H]1CS(=O)(=O)CCN1. The predicted octanol–water partition coefficient (Wildman–Crippen LogP) is -1.15. The summed E-state index contributed by atoms with van der Waals surface area (Å²) in [6.07, 6.45) is -0.126. The number of carboxylic acids is 1. The first kappa shape index (κ1) is 9.47. The maximum Gasteiger partial charge on any atom is 0.304 e. The molecule has 2 N–H and O–H groups in total. The summed E-state index contributed by atoms with van der Waals surface area (Å²) in [6, 6.07) is -0.416. The molecule has 0 aliphatic carbocycles. The average molecular weight is 193 g/mol. The van der Waals surface area contributed by atoms with Gasteiger partial charge in [0.15, 0.2) is 9.84 Å². The molecule has 70 valence electrons. The Bertz CT molecular complexity index is 271. The Morgan fingerprint density at radius 1 is 1.58 bits per heavy atom. The number of hydrogen-bond donors (Lipinski definition) is 2. The molecule has 0 saturated carbocycles. The van der Waals surface area contributed by atoms with Crippen molar-refractivity contribution in [1.82, 2.24) is 5.32 Å². The van der Waals surface area contributed by atoms with Gasteiger partial charge in [0.25, 0.3) is 0 Å². The first-order valence-corrected chi connectivity index (χ1v) is 5.47. The lowest BCUT2D eigenvalue weighted by atomic mass is 10.2. The maximum atomic E-state index is 11.0. The van der Waals surface area contributed by atoms with Crippen LogP contribution in [0.5, 0.6) is 0 Å². The van der Waals surface area contributed by atoms with E-state index in [9.17, 15) is 13.2 Å². The Labute approximate surface area is 70.7 Å². The molecule has 5 nitrogen and oxygen atoms in total. The van der Waals surface area contributed by atoms with Gasteiger partial charge in [-0.2, -0.15) is 0 Å². The van der Waals surface area contributed by atoms with Gasteiger partial charge in [0.1, 0.15) is 0 Å². The third kappa shape index (κ3) is 2.78. The molecular weight excluding hydrogens is 182 g/mol. The number of nitrogens with one attached hydrogen (secondary N) is 1. The van der Waals surface area contributed by atoms with E-state index in [0.717, 1.165) is 0 Å². The molecule has 1 saturated heterocycles. The minimum Gasteiger partial charge on any atom is -0.481 e. The van der Waals surface area contributed by atoms with Crippen LogP contribution in [0.2, 0.25) is 0 Å². The van der Waals surface area contributed by atoms with Crippen LogP contribution in [0, 0.1) is 0 Å². The molecule has 1 atom stereocenters.